The van der Waals surface area contributed by atoms with Crippen LogP contribution in [-0.2, 0) is 10.1 Å². The molecule has 0 saturated heterocycles. The predicted molar refractivity (Wildman–Crippen MR) is 74.1 cm³/mol. The topological polar surface area (TPSA) is 43.4 Å². The molecule has 3 nitrogen and oxygen atoms in total. The lowest BCUT2D eigenvalue weighted by molar-refractivity contribution is -0.0500. The number of benzene rings is 1. The molecule has 0 saturated carbocycles. The lowest BCUT2D eigenvalue weighted by Crippen LogP contribution is -2.27. The highest BCUT2D eigenvalue weighted by molar-refractivity contribution is 7.88. The van der Waals surface area contributed by atoms with Crippen molar-refractivity contribution in [3.63, 3.8) is 0 Å². The van der Waals surface area contributed by atoms with Gasteiger partial charge in [0.05, 0.1) is 0 Å². The maximum Gasteiger partial charge on any atom is 0.534 e. The van der Waals surface area contributed by atoms with E-state index in [1.165, 1.54) is 32.8 Å². The number of halogens is 3. The summed E-state index contributed by atoms with van der Waals surface area (Å²) in [4.78, 5) is 0.852. The molecule has 108 valence electrons. The van der Waals surface area contributed by atoms with Gasteiger partial charge in [0.2, 0.25) is 0 Å². The highest BCUT2D eigenvalue weighted by Gasteiger charge is 2.48. The summed E-state index contributed by atoms with van der Waals surface area (Å²) in [6, 6.07) is 7.01. The average Bonchev–Trinajstić information content (AvgIpc) is 2.75. The van der Waals surface area contributed by atoms with E-state index < -0.39 is 21.4 Å². The molecular formula is C10H5F3O3S4. The Balaban J connectivity index is 2.24. The van der Waals surface area contributed by atoms with Gasteiger partial charge in [0.25, 0.3) is 0 Å². The van der Waals surface area contributed by atoms with Gasteiger partial charge in [-0.15, -0.1) is 0 Å². The molecule has 0 spiro atoms. The van der Waals surface area contributed by atoms with E-state index in [2.05, 4.69) is 4.18 Å². The van der Waals surface area contributed by atoms with E-state index in [1.807, 2.05) is 0 Å². The van der Waals surface area contributed by atoms with Gasteiger partial charge >= 0.3 is 15.6 Å². The van der Waals surface area contributed by atoms with Crippen molar-refractivity contribution in [2.75, 3.05) is 0 Å². The molecule has 1 aromatic carbocycles. The second-order valence-electron chi connectivity index (χ2n) is 3.50. The molecule has 0 N–H and O–H groups in total. The summed E-state index contributed by atoms with van der Waals surface area (Å²) in [5.74, 6) is -0.398. The third kappa shape index (κ3) is 3.37. The van der Waals surface area contributed by atoms with Crippen LogP contribution in [0.4, 0.5) is 13.2 Å². The zero-order valence-corrected chi connectivity index (χ0v) is 12.6. The van der Waals surface area contributed by atoms with Crippen molar-refractivity contribution in [3.05, 3.63) is 34.2 Å². The second kappa shape index (κ2) is 5.43. The minimum Gasteiger partial charge on any atom is -0.376 e. The molecule has 0 amide bonds. The van der Waals surface area contributed by atoms with Crippen LogP contribution in [0.1, 0.15) is 0 Å². The SMILES string of the molecule is O=S(=O)(Oc1ccc(-c2cc(=S)ss2)cc1)C(F)(F)F. The lowest BCUT2D eigenvalue weighted by atomic mass is 10.2. The van der Waals surface area contributed by atoms with Crippen LogP contribution in [0.5, 0.6) is 5.75 Å². The van der Waals surface area contributed by atoms with Crippen LogP contribution in [0.25, 0.3) is 10.4 Å². The average molecular weight is 358 g/mol. The number of alkyl halides is 3. The highest BCUT2D eigenvalue weighted by Crippen LogP contribution is 2.32. The Bertz CT molecular complexity index is 756. The van der Waals surface area contributed by atoms with E-state index >= 15 is 0 Å². The minimum atomic E-state index is -5.64. The van der Waals surface area contributed by atoms with Gasteiger partial charge in [0.15, 0.2) is 0 Å². The maximum absolute atomic E-state index is 12.1. The van der Waals surface area contributed by atoms with Crippen LogP contribution in [0.3, 0.4) is 0 Å². The second-order valence-corrected chi connectivity index (χ2v) is 7.95. The summed E-state index contributed by atoms with van der Waals surface area (Å²) < 4.78 is 62.8. The molecule has 1 heterocycles. The molecule has 2 aromatic rings. The molecule has 0 bridgehead atoms. The molecule has 0 radical (unpaired) electrons. The number of hydrogen-bond donors (Lipinski definition) is 0. The molecule has 0 atom stereocenters. The summed E-state index contributed by atoms with van der Waals surface area (Å²) >= 11 is 4.97. The predicted octanol–water partition coefficient (Wildman–Crippen LogP) is 4.43. The van der Waals surface area contributed by atoms with Gasteiger partial charge in [-0.2, -0.15) is 21.6 Å². The summed E-state index contributed by atoms with van der Waals surface area (Å²) in [7, 11) is -2.81. The maximum atomic E-state index is 12.1. The summed E-state index contributed by atoms with van der Waals surface area (Å²) in [6.07, 6.45) is 0. The molecular weight excluding hydrogens is 353 g/mol. The quantitative estimate of drug-likeness (QED) is 0.352. The monoisotopic (exact) mass is 358 g/mol. The molecule has 0 fully saturated rings. The summed E-state index contributed by atoms with van der Waals surface area (Å²) in [5.41, 5.74) is -4.72. The summed E-state index contributed by atoms with van der Waals surface area (Å²) in [5, 5.41) is 0. The van der Waals surface area contributed by atoms with E-state index in [0.717, 1.165) is 22.6 Å². The third-order valence-corrected chi connectivity index (χ3v) is 5.98. The Hall–Kier alpha value is -0.970. The van der Waals surface area contributed by atoms with E-state index in [-0.39, 0.29) is 0 Å². The fraction of sp³-hybridized carbons (Fsp3) is 0.100. The molecule has 1 aromatic heterocycles. The molecule has 0 aliphatic carbocycles. The van der Waals surface area contributed by atoms with Crippen LogP contribution in [0.15, 0.2) is 30.3 Å². The first-order valence-electron chi connectivity index (χ1n) is 4.90. The first kappa shape index (κ1) is 15.4. The Kier molecular flexibility index (Phi) is 4.19. The van der Waals surface area contributed by atoms with E-state index in [1.54, 1.807) is 6.07 Å². The minimum absolute atomic E-state index is 0.398. The fourth-order valence-corrected chi connectivity index (χ4v) is 4.08. The normalized spacial score (nSPS) is 12.3. The van der Waals surface area contributed by atoms with E-state index in [4.69, 9.17) is 12.2 Å². The van der Waals surface area contributed by atoms with Crippen molar-refractivity contribution in [2.45, 2.75) is 5.51 Å². The van der Waals surface area contributed by atoms with Crippen LogP contribution in [-0.4, -0.2) is 13.9 Å². The van der Waals surface area contributed by atoms with E-state index in [9.17, 15) is 21.6 Å². The number of hydrogen-bond acceptors (Lipinski definition) is 6. The Morgan fingerprint density at radius 2 is 1.70 bits per heavy atom. The van der Waals surface area contributed by atoms with Crippen LogP contribution < -0.4 is 4.18 Å². The van der Waals surface area contributed by atoms with Gasteiger partial charge in [-0.1, -0.05) is 32.9 Å². The van der Waals surface area contributed by atoms with Crippen molar-refractivity contribution in [1.29, 1.82) is 0 Å². The number of rotatable bonds is 3. The molecule has 0 unspecified atom stereocenters. The van der Waals surface area contributed by atoms with Gasteiger partial charge in [-0.25, -0.2) is 0 Å². The molecule has 0 aliphatic rings. The van der Waals surface area contributed by atoms with Gasteiger partial charge in [0.1, 0.15) is 9.57 Å². The first-order chi connectivity index (χ1) is 9.19. The van der Waals surface area contributed by atoms with Crippen LogP contribution >= 0.6 is 32.9 Å². The van der Waals surface area contributed by atoms with Crippen molar-refractivity contribution in [1.82, 2.24) is 0 Å². The van der Waals surface area contributed by atoms with Crippen molar-refractivity contribution in [2.24, 2.45) is 0 Å². The smallest absolute Gasteiger partial charge is 0.376 e. The zero-order valence-electron chi connectivity index (χ0n) is 9.38. The molecule has 20 heavy (non-hydrogen) atoms. The Labute approximate surface area is 124 Å². The van der Waals surface area contributed by atoms with Crippen molar-refractivity contribution in [3.8, 4) is 16.2 Å². The standard InChI is InChI=1S/C10H5F3O3S4/c11-10(12,13)20(14,15)16-7-3-1-6(2-4-7)8-5-9(17)19-18-8/h1-5H. The van der Waals surface area contributed by atoms with Crippen molar-refractivity contribution < 1.29 is 25.8 Å². The van der Waals surface area contributed by atoms with Gasteiger partial charge in [-0.3, -0.25) is 0 Å². The van der Waals surface area contributed by atoms with Gasteiger partial charge < -0.3 is 4.18 Å². The zero-order chi connectivity index (χ0) is 15.0. The van der Waals surface area contributed by atoms with Gasteiger partial charge in [0, 0.05) is 4.88 Å². The van der Waals surface area contributed by atoms with Crippen LogP contribution in [0.2, 0.25) is 0 Å². The molecule has 10 heteroatoms. The largest absolute Gasteiger partial charge is 0.534 e. The fourth-order valence-electron chi connectivity index (χ4n) is 1.22. The van der Waals surface area contributed by atoms with Crippen molar-refractivity contribution >= 4 is 43.0 Å². The first-order valence-corrected chi connectivity index (χ1v) is 8.87. The van der Waals surface area contributed by atoms with Crippen LogP contribution in [0, 0.1) is 3.82 Å². The summed E-state index contributed by atoms with van der Waals surface area (Å²) in [6.45, 7) is 0. The highest BCUT2D eigenvalue weighted by atomic mass is 32.9. The molecule has 2 rings (SSSR count). The Morgan fingerprint density at radius 3 is 2.15 bits per heavy atom. The molecule has 0 aliphatic heterocycles. The van der Waals surface area contributed by atoms with E-state index in [0.29, 0.717) is 3.82 Å². The third-order valence-electron chi connectivity index (χ3n) is 2.09. The van der Waals surface area contributed by atoms with Gasteiger partial charge in [-0.05, 0) is 35.9 Å². The Morgan fingerprint density at radius 1 is 1.10 bits per heavy atom. The lowest BCUT2D eigenvalue weighted by Gasteiger charge is -2.09.